The van der Waals surface area contributed by atoms with Gasteiger partial charge in [0.15, 0.2) is 0 Å². The Morgan fingerprint density at radius 2 is 2.09 bits per heavy atom. The molecule has 3 aromatic rings. The molecule has 1 aliphatic heterocycles. The lowest BCUT2D eigenvalue weighted by Gasteiger charge is -2.40. The Bertz CT molecular complexity index is 1180. The molecule has 1 saturated heterocycles. The number of nitrogen functional groups attached to an aromatic ring is 1. The Labute approximate surface area is 194 Å². The van der Waals surface area contributed by atoms with Gasteiger partial charge in [-0.3, -0.25) is 14.5 Å². The average molecular weight is 471 g/mol. The van der Waals surface area contributed by atoms with Crippen LogP contribution in [-0.4, -0.2) is 57.3 Å². The summed E-state index contributed by atoms with van der Waals surface area (Å²) in [6.45, 7) is 2.16. The van der Waals surface area contributed by atoms with Gasteiger partial charge in [0.05, 0.1) is 22.3 Å². The fourth-order valence-corrected chi connectivity index (χ4v) is 4.82. The molecule has 1 atom stereocenters. The summed E-state index contributed by atoms with van der Waals surface area (Å²) in [5, 5.41) is 0.776. The molecule has 0 saturated carbocycles. The largest absolute Gasteiger partial charge is 0.383 e. The molecule has 4 N–H and O–H groups in total. The van der Waals surface area contributed by atoms with Gasteiger partial charge in [-0.1, -0.05) is 23.7 Å². The molecule has 8 nitrogen and oxygen atoms in total. The molecule has 0 radical (unpaired) electrons. The third kappa shape index (κ3) is 5.07. The van der Waals surface area contributed by atoms with Crippen LogP contribution in [0.1, 0.15) is 16.9 Å². The summed E-state index contributed by atoms with van der Waals surface area (Å²) in [5.74, 6) is -0.183. The van der Waals surface area contributed by atoms with Crippen LogP contribution >= 0.6 is 22.9 Å². The van der Waals surface area contributed by atoms with Crippen LogP contribution in [0.4, 0.5) is 5.82 Å². The van der Waals surface area contributed by atoms with E-state index in [4.69, 9.17) is 23.1 Å². The summed E-state index contributed by atoms with van der Waals surface area (Å²) in [7, 11) is 0. The maximum absolute atomic E-state index is 13.2. The van der Waals surface area contributed by atoms with Gasteiger partial charge in [-0.05, 0) is 35.9 Å². The van der Waals surface area contributed by atoms with E-state index in [0.29, 0.717) is 32.0 Å². The van der Waals surface area contributed by atoms with E-state index in [1.807, 2.05) is 47.4 Å². The number of nitrogens with zero attached hydrogens (tertiary/aromatic N) is 4. The molecule has 2 amide bonds. The van der Waals surface area contributed by atoms with Gasteiger partial charge in [0.1, 0.15) is 12.1 Å². The number of carbonyl (C=O) groups is 2. The van der Waals surface area contributed by atoms with Crippen LogP contribution in [0, 0.1) is 0 Å². The molecule has 2 aromatic heterocycles. The van der Waals surface area contributed by atoms with E-state index in [-0.39, 0.29) is 12.3 Å². The van der Waals surface area contributed by atoms with Crippen molar-refractivity contribution in [2.24, 2.45) is 5.73 Å². The zero-order valence-corrected chi connectivity index (χ0v) is 18.9. The van der Waals surface area contributed by atoms with Gasteiger partial charge >= 0.3 is 0 Å². The minimum absolute atomic E-state index is 0.0184. The minimum Gasteiger partial charge on any atom is -0.383 e. The number of hydrogen-bond donors (Lipinski definition) is 2. The van der Waals surface area contributed by atoms with Crippen LogP contribution in [0.5, 0.6) is 0 Å². The summed E-state index contributed by atoms with van der Waals surface area (Å²) in [5.41, 5.74) is 13.0. The van der Waals surface area contributed by atoms with Crippen LogP contribution in [0.25, 0.3) is 17.0 Å². The predicted octanol–water partition coefficient (Wildman–Crippen LogP) is 2.53. The number of piperazine rings is 1. The molecule has 1 aliphatic rings. The zero-order valence-electron chi connectivity index (χ0n) is 17.3. The van der Waals surface area contributed by atoms with E-state index in [1.165, 1.54) is 17.7 Å². The van der Waals surface area contributed by atoms with Crippen molar-refractivity contribution in [3.63, 3.8) is 0 Å². The van der Waals surface area contributed by atoms with Gasteiger partial charge in [-0.25, -0.2) is 9.97 Å². The van der Waals surface area contributed by atoms with Crippen molar-refractivity contribution in [1.29, 1.82) is 0 Å². The van der Waals surface area contributed by atoms with Crippen molar-refractivity contribution < 1.29 is 9.59 Å². The molecule has 166 valence electrons. The second-order valence-corrected chi connectivity index (χ2v) is 9.34. The molecule has 0 spiro atoms. The van der Waals surface area contributed by atoms with Gasteiger partial charge in [-0.2, -0.15) is 0 Å². The van der Waals surface area contributed by atoms with Crippen molar-refractivity contribution in [2.45, 2.75) is 19.0 Å². The first kappa shape index (κ1) is 22.2. The van der Waals surface area contributed by atoms with Gasteiger partial charge < -0.3 is 16.4 Å². The maximum Gasteiger partial charge on any atom is 0.240 e. The molecule has 4 rings (SSSR count). The Balaban J connectivity index is 1.47. The monoisotopic (exact) mass is 470 g/mol. The number of amides is 2. The van der Waals surface area contributed by atoms with E-state index in [2.05, 4.69) is 9.97 Å². The quantitative estimate of drug-likeness (QED) is 0.547. The fraction of sp³-hybridized carbons (Fsp3) is 0.273. The molecular formula is C22H23ClN6O2S. The Morgan fingerprint density at radius 1 is 1.25 bits per heavy atom. The number of carbonyl (C=O) groups excluding carboxylic acids is 2. The SMILES string of the molecule is NC(=O)C[C@H]1C(=O)N(Cc2ccc3c(N)ncnc3c2)CCN1CC=Cc1ccc(Cl)s1. The van der Waals surface area contributed by atoms with Crippen LogP contribution < -0.4 is 11.5 Å². The molecule has 0 unspecified atom stereocenters. The van der Waals surface area contributed by atoms with Crippen molar-refractivity contribution >= 4 is 57.5 Å². The number of fused-ring (bicyclic) bond motifs is 1. The van der Waals surface area contributed by atoms with E-state index >= 15 is 0 Å². The maximum atomic E-state index is 13.2. The van der Waals surface area contributed by atoms with Gasteiger partial charge in [0.25, 0.3) is 0 Å². The normalized spacial score (nSPS) is 17.5. The standard InChI is InChI=1S/C22H23ClN6O2S/c23-19-6-4-15(32-19)2-1-7-28-8-9-29(22(31)18(28)11-20(24)30)12-14-3-5-16-17(10-14)26-13-27-21(16)25/h1-6,10,13,18H,7-9,11-12H2,(H2,24,30)(H2,25,26,27)/t18-/m0/s1. The highest BCUT2D eigenvalue weighted by Crippen LogP contribution is 2.24. The van der Waals surface area contributed by atoms with Crippen molar-refractivity contribution in [1.82, 2.24) is 19.8 Å². The zero-order chi connectivity index (χ0) is 22.7. The molecule has 0 aliphatic carbocycles. The van der Waals surface area contributed by atoms with Gasteiger partial charge in [-0.15, -0.1) is 11.3 Å². The number of aromatic nitrogens is 2. The Hall–Kier alpha value is -3.01. The lowest BCUT2D eigenvalue weighted by atomic mass is 10.0. The first-order valence-electron chi connectivity index (χ1n) is 10.1. The van der Waals surface area contributed by atoms with E-state index in [1.54, 1.807) is 4.90 Å². The van der Waals surface area contributed by atoms with Crippen LogP contribution in [0.15, 0.2) is 42.7 Å². The van der Waals surface area contributed by atoms with Gasteiger partial charge in [0.2, 0.25) is 11.8 Å². The van der Waals surface area contributed by atoms with Gasteiger partial charge in [0, 0.05) is 36.4 Å². The predicted molar refractivity (Wildman–Crippen MR) is 127 cm³/mol. The van der Waals surface area contributed by atoms with Crippen LogP contribution in [0.2, 0.25) is 4.34 Å². The summed E-state index contributed by atoms with van der Waals surface area (Å²) < 4.78 is 0.725. The van der Waals surface area contributed by atoms with E-state index < -0.39 is 11.9 Å². The fourth-order valence-electron chi connectivity index (χ4n) is 3.83. The van der Waals surface area contributed by atoms with E-state index in [9.17, 15) is 9.59 Å². The summed E-state index contributed by atoms with van der Waals surface area (Å²) in [6, 6.07) is 8.89. The smallest absolute Gasteiger partial charge is 0.240 e. The Morgan fingerprint density at radius 3 is 2.84 bits per heavy atom. The van der Waals surface area contributed by atoms with Crippen molar-refractivity contribution in [3.05, 3.63) is 57.5 Å². The number of nitrogens with two attached hydrogens (primary N) is 2. The molecule has 1 fully saturated rings. The number of primary amides is 1. The lowest BCUT2D eigenvalue weighted by molar-refractivity contribution is -0.144. The number of rotatable bonds is 7. The molecular weight excluding hydrogens is 448 g/mol. The highest BCUT2D eigenvalue weighted by atomic mass is 35.5. The lowest BCUT2D eigenvalue weighted by Crippen LogP contribution is -2.57. The van der Waals surface area contributed by atoms with Crippen molar-refractivity contribution in [3.8, 4) is 0 Å². The number of benzene rings is 1. The number of hydrogen-bond acceptors (Lipinski definition) is 7. The summed E-state index contributed by atoms with van der Waals surface area (Å²) >= 11 is 7.45. The second kappa shape index (κ2) is 9.64. The molecule has 1 aromatic carbocycles. The first-order valence-corrected chi connectivity index (χ1v) is 11.3. The molecule has 3 heterocycles. The first-order chi connectivity index (χ1) is 15.4. The third-order valence-corrected chi connectivity index (χ3v) is 6.61. The number of thiophene rings is 1. The number of anilines is 1. The van der Waals surface area contributed by atoms with E-state index in [0.717, 1.165) is 25.7 Å². The number of halogens is 1. The molecule has 0 bridgehead atoms. The topological polar surface area (TPSA) is 118 Å². The third-order valence-electron chi connectivity index (χ3n) is 5.41. The highest BCUT2D eigenvalue weighted by Gasteiger charge is 2.35. The molecule has 32 heavy (non-hydrogen) atoms. The van der Waals surface area contributed by atoms with Crippen LogP contribution in [0.3, 0.4) is 0 Å². The summed E-state index contributed by atoms with van der Waals surface area (Å²) in [6.07, 6.45) is 5.35. The Kier molecular flexibility index (Phi) is 6.69. The van der Waals surface area contributed by atoms with Crippen LogP contribution in [-0.2, 0) is 16.1 Å². The summed E-state index contributed by atoms with van der Waals surface area (Å²) in [4.78, 5) is 37.9. The minimum atomic E-state index is -0.587. The van der Waals surface area contributed by atoms with Crippen molar-refractivity contribution in [2.75, 3.05) is 25.4 Å². The second-order valence-electron chi connectivity index (χ2n) is 7.60. The highest BCUT2D eigenvalue weighted by molar-refractivity contribution is 7.16. The molecule has 10 heteroatoms. The average Bonchev–Trinajstić information content (AvgIpc) is 3.17.